The Morgan fingerprint density at radius 1 is 0.339 bits per heavy atom. The van der Waals surface area contributed by atoms with E-state index in [-0.39, 0.29) is 0 Å². The third-order valence-corrected chi connectivity index (χ3v) is 12.0. The van der Waals surface area contributed by atoms with Crippen LogP contribution in [0.25, 0.3) is 121 Å². The molecule has 0 aliphatic heterocycles. The third-order valence-electron chi connectivity index (χ3n) is 12.0. The van der Waals surface area contributed by atoms with Crippen molar-refractivity contribution in [1.29, 1.82) is 0 Å². The summed E-state index contributed by atoms with van der Waals surface area (Å²) in [6.45, 7) is 0. The molecule has 4 heteroatoms. The first-order valence-electron chi connectivity index (χ1n) is 19.2. The number of fused-ring (bicyclic) bond motifs is 14. The van der Waals surface area contributed by atoms with Crippen LogP contribution >= 0.6 is 0 Å². The zero-order valence-electron chi connectivity index (χ0n) is 30.1. The van der Waals surface area contributed by atoms with Crippen molar-refractivity contribution in [2.45, 2.75) is 0 Å². The number of benzene rings is 9. The van der Waals surface area contributed by atoms with E-state index >= 15 is 0 Å². The van der Waals surface area contributed by atoms with Gasteiger partial charge in [0.25, 0.3) is 0 Å². The zero-order chi connectivity index (χ0) is 36.5. The molecular formula is C52H30N4. The smallest absolute Gasteiger partial charge is 0.0973 e. The molecule has 0 saturated carbocycles. The summed E-state index contributed by atoms with van der Waals surface area (Å²) < 4.78 is 4.95. The number of hydrogen-bond donors (Lipinski definition) is 0. The second kappa shape index (κ2) is 11.0. The molecule has 13 aromatic rings. The molecule has 4 nitrogen and oxygen atoms in total. The Morgan fingerprint density at radius 3 is 1.71 bits per heavy atom. The normalized spacial score (nSPS) is 12.3. The Bertz CT molecular complexity index is 3760. The van der Waals surface area contributed by atoms with E-state index in [0.717, 1.165) is 39.2 Å². The number of nitrogens with zero attached hydrogens (tertiary/aromatic N) is 4. The molecule has 0 amide bonds. The number of hydrogen-bond acceptors (Lipinski definition) is 2. The van der Waals surface area contributed by atoms with Crippen molar-refractivity contribution in [2.24, 2.45) is 0 Å². The number of para-hydroxylation sites is 4. The molecule has 4 aromatic heterocycles. The summed E-state index contributed by atoms with van der Waals surface area (Å²) in [7, 11) is 0. The molecule has 56 heavy (non-hydrogen) atoms. The van der Waals surface area contributed by atoms with E-state index in [1.807, 2.05) is 24.3 Å². The van der Waals surface area contributed by atoms with E-state index in [2.05, 4.69) is 167 Å². The maximum absolute atomic E-state index is 5.26. The van der Waals surface area contributed by atoms with Gasteiger partial charge in [-0.3, -0.25) is 0 Å². The summed E-state index contributed by atoms with van der Waals surface area (Å²) in [4.78, 5) is 10.5. The molecule has 0 unspecified atom stereocenters. The van der Waals surface area contributed by atoms with Crippen molar-refractivity contribution >= 4 is 92.5 Å². The first-order valence-corrected chi connectivity index (χ1v) is 19.2. The molecule has 0 atom stereocenters. The van der Waals surface area contributed by atoms with E-state index < -0.39 is 0 Å². The molecule has 4 heterocycles. The highest BCUT2D eigenvalue weighted by molar-refractivity contribution is 6.38. The maximum Gasteiger partial charge on any atom is 0.0973 e. The van der Waals surface area contributed by atoms with Gasteiger partial charge in [0.05, 0.1) is 50.0 Å². The Balaban J connectivity index is 1.10. The van der Waals surface area contributed by atoms with Crippen molar-refractivity contribution in [2.75, 3.05) is 0 Å². The van der Waals surface area contributed by atoms with E-state index in [9.17, 15) is 0 Å². The Labute approximate surface area is 320 Å². The van der Waals surface area contributed by atoms with Crippen LogP contribution in [0.2, 0.25) is 0 Å². The standard InChI is InChI=1S/C52H30N4/c1-2-13-34-29-35(22-21-31(34)11-1)51-50(53-41-17-7-8-18-42(41)54-51)33-23-26-36(27-24-33)55-45-28-25-32-12-3-4-14-37(32)47(45)49-46(55)30-40-38-15-5-9-19-43(38)56-44-20-10-6-16-39(44)48(49)52(40)56/h1-30H. The fourth-order valence-corrected chi connectivity index (χ4v) is 9.56. The predicted molar refractivity (Wildman–Crippen MR) is 234 cm³/mol. The van der Waals surface area contributed by atoms with Crippen LogP contribution in [0.3, 0.4) is 0 Å². The Hall–Kier alpha value is -7.56. The van der Waals surface area contributed by atoms with Crippen LogP contribution in [-0.2, 0) is 0 Å². The highest BCUT2D eigenvalue weighted by Crippen LogP contribution is 2.48. The quantitative estimate of drug-likeness (QED) is 0.183. The highest BCUT2D eigenvalue weighted by Gasteiger charge is 2.25. The molecule has 0 saturated heterocycles. The molecule has 0 spiro atoms. The summed E-state index contributed by atoms with van der Waals surface area (Å²) in [5, 5.41) is 12.6. The van der Waals surface area contributed by atoms with Gasteiger partial charge in [-0.15, -0.1) is 0 Å². The molecule has 9 aromatic carbocycles. The van der Waals surface area contributed by atoms with Gasteiger partial charge in [0, 0.05) is 49.1 Å². The molecule has 0 aliphatic rings. The number of aromatic nitrogens is 4. The zero-order valence-corrected chi connectivity index (χ0v) is 30.1. The van der Waals surface area contributed by atoms with Gasteiger partial charge in [-0.05, 0) is 76.1 Å². The lowest BCUT2D eigenvalue weighted by molar-refractivity contribution is 1.18. The SMILES string of the molecule is c1ccc2cc(-c3nc4ccccc4nc3-c3ccc(-n4c5ccc6ccccc6c5c5c6c7ccccc7n7c8ccccc8c(cc54)c67)cc3)ccc2c1. The van der Waals surface area contributed by atoms with Crippen LogP contribution in [0.15, 0.2) is 182 Å². The van der Waals surface area contributed by atoms with Crippen LogP contribution in [0.4, 0.5) is 0 Å². The van der Waals surface area contributed by atoms with Gasteiger partial charge in [0.2, 0.25) is 0 Å². The fourth-order valence-electron chi connectivity index (χ4n) is 9.56. The van der Waals surface area contributed by atoms with Gasteiger partial charge >= 0.3 is 0 Å². The molecular weight excluding hydrogens is 681 g/mol. The minimum Gasteiger partial charge on any atom is -0.309 e. The van der Waals surface area contributed by atoms with Gasteiger partial charge < -0.3 is 8.97 Å². The Kier molecular flexibility index (Phi) is 5.86. The summed E-state index contributed by atoms with van der Waals surface area (Å²) in [5.74, 6) is 0. The molecule has 0 aliphatic carbocycles. The van der Waals surface area contributed by atoms with Crippen molar-refractivity contribution < 1.29 is 0 Å². The summed E-state index contributed by atoms with van der Waals surface area (Å²) in [5.41, 5.74) is 12.9. The summed E-state index contributed by atoms with van der Waals surface area (Å²) >= 11 is 0. The minimum absolute atomic E-state index is 0.873. The van der Waals surface area contributed by atoms with Crippen molar-refractivity contribution in [3.05, 3.63) is 182 Å². The van der Waals surface area contributed by atoms with Crippen LogP contribution in [0, 0.1) is 0 Å². The first-order chi connectivity index (χ1) is 27.8. The van der Waals surface area contributed by atoms with Gasteiger partial charge in [-0.1, -0.05) is 127 Å². The maximum atomic E-state index is 5.26. The lowest BCUT2D eigenvalue weighted by Gasteiger charge is -2.13. The fraction of sp³-hybridized carbons (Fsp3) is 0. The lowest BCUT2D eigenvalue weighted by Crippen LogP contribution is -1.97. The van der Waals surface area contributed by atoms with Crippen molar-refractivity contribution in [3.8, 4) is 28.2 Å². The first kappa shape index (κ1) is 29.8. The molecule has 0 radical (unpaired) electrons. The number of rotatable bonds is 3. The largest absolute Gasteiger partial charge is 0.309 e. The van der Waals surface area contributed by atoms with Crippen molar-refractivity contribution in [1.82, 2.24) is 18.9 Å². The summed E-state index contributed by atoms with van der Waals surface area (Å²) in [6.07, 6.45) is 0. The van der Waals surface area contributed by atoms with Crippen LogP contribution in [0.1, 0.15) is 0 Å². The van der Waals surface area contributed by atoms with Crippen LogP contribution in [-0.4, -0.2) is 18.9 Å². The second-order valence-corrected chi connectivity index (χ2v) is 14.9. The molecule has 0 fully saturated rings. The predicted octanol–water partition coefficient (Wildman–Crippen LogP) is 13.5. The van der Waals surface area contributed by atoms with E-state index in [1.165, 1.54) is 81.4 Å². The lowest BCUT2D eigenvalue weighted by atomic mass is 9.99. The summed E-state index contributed by atoms with van der Waals surface area (Å²) in [6, 6.07) is 65.7. The van der Waals surface area contributed by atoms with Crippen LogP contribution in [0.5, 0.6) is 0 Å². The topological polar surface area (TPSA) is 35.1 Å². The second-order valence-electron chi connectivity index (χ2n) is 14.9. The van der Waals surface area contributed by atoms with Gasteiger partial charge in [-0.25, -0.2) is 9.97 Å². The monoisotopic (exact) mass is 710 g/mol. The van der Waals surface area contributed by atoms with Crippen LogP contribution < -0.4 is 0 Å². The average molecular weight is 711 g/mol. The molecule has 0 N–H and O–H groups in total. The molecule has 0 bridgehead atoms. The van der Waals surface area contributed by atoms with E-state index in [1.54, 1.807) is 0 Å². The van der Waals surface area contributed by atoms with Crippen molar-refractivity contribution in [3.63, 3.8) is 0 Å². The molecule has 13 rings (SSSR count). The third kappa shape index (κ3) is 3.97. The average Bonchev–Trinajstić information content (AvgIpc) is 3.90. The molecule has 258 valence electrons. The van der Waals surface area contributed by atoms with Gasteiger partial charge in [-0.2, -0.15) is 0 Å². The van der Waals surface area contributed by atoms with Gasteiger partial charge in [0.1, 0.15) is 0 Å². The van der Waals surface area contributed by atoms with E-state index in [0.29, 0.717) is 0 Å². The van der Waals surface area contributed by atoms with E-state index in [4.69, 9.17) is 9.97 Å². The minimum atomic E-state index is 0.873. The Morgan fingerprint density at radius 2 is 0.929 bits per heavy atom. The van der Waals surface area contributed by atoms with Gasteiger partial charge in [0.15, 0.2) is 0 Å². The highest BCUT2D eigenvalue weighted by atomic mass is 15.0.